The second-order valence-corrected chi connectivity index (χ2v) is 8.56. The van der Waals surface area contributed by atoms with Crippen LogP contribution >= 0.6 is 0 Å². The van der Waals surface area contributed by atoms with E-state index in [-0.39, 0.29) is 5.91 Å². The van der Waals surface area contributed by atoms with Crippen LogP contribution in [-0.2, 0) is 0 Å². The molecule has 1 aromatic heterocycles. The summed E-state index contributed by atoms with van der Waals surface area (Å²) < 4.78 is 0. The molecule has 0 aliphatic heterocycles. The van der Waals surface area contributed by atoms with Crippen molar-refractivity contribution >= 4 is 28.3 Å². The van der Waals surface area contributed by atoms with E-state index < -0.39 is 0 Å². The number of nitrogens with one attached hydrogen (secondary N) is 1. The predicted octanol–water partition coefficient (Wildman–Crippen LogP) is 5.95. The second kappa shape index (κ2) is 9.45. The maximum atomic E-state index is 12.8. The van der Waals surface area contributed by atoms with Gasteiger partial charge in [0.25, 0.3) is 5.91 Å². The van der Waals surface area contributed by atoms with Gasteiger partial charge in [0, 0.05) is 30.0 Å². The molecule has 4 rings (SSSR count). The summed E-state index contributed by atoms with van der Waals surface area (Å²) in [5.41, 5.74) is 7.14. The average molecular weight is 442 g/mol. The number of rotatable bonds is 7. The first kappa shape index (κ1) is 22.5. The highest BCUT2D eigenvalue weighted by Gasteiger charge is 2.13. The molecule has 0 unspecified atom stereocenters. The van der Waals surface area contributed by atoms with Gasteiger partial charge in [0.1, 0.15) is 11.0 Å². The molecule has 0 radical (unpaired) electrons. The predicted molar refractivity (Wildman–Crippen MR) is 136 cm³/mol. The number of benzene rings is 3. The van der Waals surface area contributed by atoms with Gasteiger partial charge >= 0.3 is 0 Å². The first-order valence-corrected chi connectivity index (χ1v) is 11.5. The van der Waals surface area contributed by atoms with Crippen LogP contribution in [0.2, 0.25) is 0 Å². The molecular formula is C27H31N5O. The van der Waals surface area contributed by atoms with Crippen molar-refractivity contribution < 1.29 is 4.79 Å². The molecule has 0 bridgehead atoms. The minimum absolute atomic E-state index is 0.132. The summed E-state index contributed by atoms with van der Waals surface area (Å²) in [5.74, 6) is 0.301. The van der Waals surface area contributed by atoms with Crippen LogP contribution < -0.4 is 10.2 Å². The van der Waals surface area contributed by atoms with Crippen LogP contribution in [0.25, 0.3) is 16.7 Å². The average Bonchev–Trinajstić information content (AvgIpc) is 3.23. The van der Waals surface area contributed by atoms with Gasteiger partial charge < -0.3 is 10.2 Å². The molecule has 6 nitrogen and oxygen atoms in total. The lowest BCUT2D eigenvalue weighted by atomic mass is 10.0. The van der Waals surface area contributed by atoms with Crippen molar-refractivity contribution in [2.75, 3.05) is 23.3 Å². The third-order valence-electron chi connectivity index (χ3n) is 6.02. The summed E-state index contributed by atoms with van der Waals surface area (Å²) >= 11 is 0. The SMILES string of the molecule is CCN(CC)c1ccc(-n2nc3cc(C)c(NC(=O)c4ccc(C(C)C)cc4)cc3n2)cc1. The molecule has 33 heavy (non-hydrogen) atoms. The number of fused-ring (bicyclic) bond motifs is 1. The van der Waals surface area contributed by atoms with Gasteiger partial charge in [0.05, 0.1) is 5.69 Å². The van der Waals surface area contributed by atoms with Gasteiger partial charge in [-0.2, -0.15) is 4.80 Å². The van der Waals surface area contributed by atoms with Gasteiger partial charge in [0.2, 0.25) is 0 Å². The minimum atomic E-state index is -0.132. The second-order valence-electron chi connectivity index (χ2n) is 8.56. The maximum absolute atomic E-state index is 12.8. The number of carbonyl (C=O) groups is 1. The van der Waals surface area contributed by atoms with Crippen molar-refractivity contribution in [3.05, 3.63) is 77.4 Å². The molecule has 3 aromatic carbocycles. The van der Waals surface area contributed by atoms with Crippen molar-refractivity contribution in [3.63, 3.8) is 0 Å². The summed E-state index contributed by atoms with van der Waals surface area (Å²) in [6, 6.07) is 19.9. The Morgan fingerprint density at radius 3 is 2.12 bits per heavy atom. The molecular weight excluding hydrogens is 410 g/mol. The zero-order valence-electron chi connectivity index (χ0n) is 20.0. The first-order chi connectivity index (χ1) is 15.9. The fourth-order valence-electron chi connectivity index (χ4n) is 3.92. The van der Waals surface area contributed by atoms with Crippen LogP contribution in [0.3, 0.4) is 0 Å². The van der Waals surface area contributed by atoms with E-state index in [0.717, 1.165) is 41.1 Å². The van der Waals surface area contributed by atoms with Crippen molar-refractivity contribution in [2.45, 2.75) is 40.5 Å². The van der Waals surface area contributed by atoms with Crippen LogP contribution in [0, 0.1) is 6.92 Å². The highest BCUT2D eigenvalue weighted by Crippen LogP contribution is 2.24. The number of hydrogen-bond donors (Lipinski definition) is 1. The lowest BCUT2D eigenvalue weighted by Crippen LogP contribution is -2.21. The van der Waals surface area contributed by atoms with Crippen molar-refractivity contribution in [2.24, 2.45) is 0 Å². The number of anilines is 2. The van der Waals surface area contributed by atoms with Crippen LogP contribution in [0.15, 0.2) is 60.7 Å². The summed E-state index contributed by atoms with van der Waals surface area (Å²) in [6.07, 6.45) is 0. The van der Waals surface area contributed by atoms with Gasteiger partial charge in [-0.1, -0.05) is 26.0 Å². The lowest BCUT2D eigenvalue weighted by molar-refractivity contribution is 0.102. The normalized spacial score (nSPS) is 11.2. The monoisotopic (exact) mass is 441 g/mol. The topological polar surface area (TPSA) is 63.1 Å². The lowest BCUT2D eigenvalue weighted by Gasteiger charge is -2.20. The largest absolute Gasteiger partial charge is 0.372 e. The molecule has 0 saturated carbocycles. The standard InChI is InChI=1S/C27H31N5O/c1-6-31(7-2)22-12-14-23(15-13-22)32-29-25-16-19(5)24(17-26(25)30-32)28-27(33)21-10-8-20(9-11-21)18(3)4/h8-18H,6-7H2,1-5H3,(H,28,33). The van der Waals surface area contributed by atoms with E-state index in [1.165, 1.54) is 11.3 Å². The van der Waals surface area contributed by atoms with E-state index >= 15 is 0 Å². The third kappa shape index (κ3) is 4.75. The van der Waals surface area contributed by atoms with E-state index in [2.05, 4.69) is 60.2 Å². The van der Waals surface area contributed by atoms with Gasteiger partial charge in [-0.05, 0) is 86.3 Å². The molecule has 6 heteroatoms. The van der Waals surface area contributed by atoms with Crippen molar-refractivity contribution in [1.29, 1.82) is 0 Å². The molecule has 0 aliphatic carbocycles. The van der Waals surface area contributed by atoms with Crippen LogP contribution in [0.1, 0.15) is 55.1 Å². The summed E-state index contributed by atoms with van der Waals surface area (Å²) in [5, 5.41) is 12.3. The Kier molecular flexibility index (Phi) is 6.45. The number of aromatic nitrogens is 3. The molecule has 4 aromatic rings. The van der Waals surface area contributed by atoms with Gasteiger partial charge in [-0.25, -0.2) is 0 Å². The van der Waals surface area contributed by atoms with Gasteiger partial charge in [-0.15, -0.1) is 10.2 Å². The third-order valence-corrected chi connectivity index (χ3v) is 6.02. The fourth-order valence-corrected chi connectivity index (χ4v) is 3.92. The molecule has 0 saturated heterocycles. The smallest absolute Gasteiger partial charge is 0.255 e. The van der Waals surface area contributed by atoms with E-state index in [1.807, 2.05) is 55.5 Å². The maximum Gasteiger partial charge on any atom is 0.255 e. The molecule has 1 N–H and O–H groups in total. The molecule has 170 valence electrons. The Morgan fingerprint density at radius 1 is 0.939 bits per heavy atom. The van der Waals surface area contributed by atoms with Crippen LogP contribution in [0.4, 0.5) is 11.4 Å². The van der Waals surface area contributed by atoms with E-state index in [0.29, 0.717) is 11.5 Å². The highest BCUT2D eigenvalue weighted by atomic mass is 16.1. The van der Waals surface area contributed by atoms with Crippen LogP contribution in [0.5, 0.6) is 0 Å². The number of amides is 1. The Labute approximate surface area is 195 Å². The summed E-state index contributed by atoms with van der Waals surface area (Å²) in [4.78, 5) is 16.7. The first-order valence-electron chi connectivity index (χ1n) is 11.5. The Balaban J connectivity index is 1.57. The van der Waals surface area contributed by atoms with E-state index in [1.54, 1.807) is 4.80 Å². The molecule has 0 atom stereocenters. The van der Waals surface area contributed by atoms with E-state index in [9.17, 15) is 4.79 Å². The zero-order chi connectivity index (χ0) is 23.5. The highest BCUT2D eigenvalue weighted by molar-refractivity contribution is 6.05. The van der Waals surface area contributed by atoms with Gasteiger partial charge in [0.15, 0.2) is 0 Å². The Hall–Kier alpha value is -3.67. The number of aryl methyl sites for hydroxylation is 1. The van der Waals surface area contributed by atoms with Crippen molar-refractivity contribution in [1.82, 2.24) is 15.0 Å². The molecule has 0 spiro atoms. The molecule has 1 amide bonds. The Bertz CT molecular complexity index is 1250. The van der Waals surface area contributed by atoms with E-state index in [4.69, 9.17) is 0 Å². The quantitative estimate of drug-likeness (QED) is 0.385. The number of hydrogen-bond acceptors (Lipinski definition) is 4. The van der Waals surface area contributed by atoms with Crippen LogP contribution in [-0.4, -0.2) is 34.0 Å². The number of carbonyl (C=O) groups excluding carboxylic acids is 1. The summed E-state index contributed by atoms with van der Waals surface area (Å²) in [7, 11) is 0. The fraction of sp³-hybridized carbons (Fsp3) is 0.296. The number of nitrogens with zero attached hydrogens (tertiary/aromatic N) is 4. The molecule has 0 aliphatic rings. The molecule has 1 heterocycles. The summed E-state index contributed by atoms with van der Waals surface area (Å²) in [6.45, 7) is 12.5. The van der Waals surface area contributed by atoms with Gasteiger partial charge in [-0.3, -0.25) is 4.79 Å². The Morgan fingerprint density at radius 2 is 1.55 bits per heavy atom. The minimum Gasteiger partial charge on any atom is -0.372 e. The zero-order valence-corrected chi connectivity index (χ0v) is 20.0. The van der Waals surface area contributed by atoms with Crippen molar-refractivity contribution in [3.8, 4) is 5.69 Å². The molecule has 0 fully saturated rings.